The van der Waals surface area contributed by atoms with E-state index in [0.717, 1.165) is 0 Å². The predicted molar refractivity (Wildman–Crippen MR) is 60.0 cm³/mol. The van der Waals surface area contributed by atoms with Crippen molar-refractivity contribution in [3.8, 4) is 0 Å². The van der Waals surface area contributed by atoms with Crippen molar-refractivity contribution in [2.24, 2.45) is 0 Å². The van der Waals surface area contributed by atoms with Crippen molar-refractivity contribution in [1.82, 2.24) is 0 Å². The lowest BCUT2D eigenvalue weighted by Crippen LogP contribution is -2.24. The van der Waals surface area contributed by atoms with Gasteiger partial charge in [-0.2, -0.15) is 11.8 Å². The number of aliphatic hydroxyl groups is 2. The van der Waals surface area contributed by atoms with E-state index in [-0.39, 0.29) is 10.8 Å². The summed E-state index contributed by atoms with van der Waals surface area (Å²) in [6.45, 7) is 3.49. The first-order chi connectivity index (χ1) is 5.95. The molecule has 4 unspecified atom stereocenters. The van der Waals surface area contributed by atoms with E-state index in [0.29, 0.717) is 11.5 Å². The van der Waals surface area contributed by atoms with E-state index in [4.69, 9.17) is 23.2 Å². The molecule has 0 heterocycles. The highest BCUT2D eigenvalue weighted by Crippen LogP contribution is 2.13. The number of aliphatic hydroxyl groups excluding tert-OH is 2. The molecule has 0 aliphatic heterocycles. The summed E-state index contributed by atoms with van der Waals surface area (Å²) >= 11 is 12.8. The largest absolute Gasteiger partial charge is 0.391 e. The summed E-state index contributed by atoms with van der Waals surface area (Å²) in [7, 11) is 0. The van der Waals surface area contributed by atoms with Crippen molar-refractivity contribution in [3.05, 3.63) is 0 Å². The van der Waals surface area contributed by atoms with Gasteiger partial charge in [-0.1, -0.05) is 0 Å². The second kappa shape index (κ2) is 7.18. The molecule has 0 saturated heterocycles. The van der Waals surface area contributed by atoms with Gasteiger partial charge in [-0.15, -0.1) is 23.2 Å². The van der Waals surface area contributed by atoms with Crippen molar-refractivity contribution in [2.75, 3.05) is 11.5 Å². The monoisotopic (exact) mass is 246 g/mol. The molecule has 0 aromatic carbocycles. The van der Waals surface area contributed by atoms with E-state index >= 15 is 0 Å². The molecule has 2 N–H and O–H groups in total. The van der Waals surface area contributed by atoms with E-state index in [1.807, 2.05) is 0 Å². The SMILES string of the molecule is CC(Cl)C(O)CSCC(O)C(C)Cl. The average molecular weight is 247 g/mol. The first kappa shape index (κ1) is 13.8. The van der Waals surface area contributed by atoms with Crippen LogP contribution in [-0.2, 0) is 0 Å². The van der Waals surface area contributed by atoms with Crippen LogP contribution in [0.1, 0.15) is 13.8 Å². The third-order valence-corrected chi connectivity index (χ3v) is 3.37. The van der Waals surface area contributed by atoms with E-state index < -0.39 is 12.2 Å². The van der Waals surface area contributed by atoms with E-state index in [9.17, 15) is 10.2 Å². The Labute approximate surface area is 93.6 Å². The van der Waals surface area contributed by atoms with E-state index in [2.05, 4.69) is 0 Å². The highest BCUT2D eigenvalue weighted by Gasteiger charge is 2.14. The first-order valence-corrected chi connectivity index (χ1v) is 6.20. The van der Waals surface area contributed by atoms with E-state index in [1.165, 1.54) is 11.8 Å². The zero-order valence-corrected chi connectivity index (χ0v) is 10.1. The standard InChI is InChI=1S/C8H16Cl2O2S/c1-5(9)7(11)3-13-4-8(12)6(2)10/h5-8,11-12H,3-4H2,1-2H3. The molecule has 0 saturated carbocycles. The summed E-state index contributed by atoms with van der Waals surface area (Å²) in [4.78, 5) is 0. The predicted octanol–water partition coefficient (Wildman–Crippen LogP) is 1.70. The summed E-state index contributed by atoms with van der Waals surface area (Å²) < 4.78 is 0. The van der Waals surface area contributed by atoms with Crippen LogP contribution in [0.3, 0.4) is 0 Å². The number of thioether (sulfide) groups is 1. The van der Waals surface area contributed by atoms with Crippen LogP contribution in [0.2, 0.25) is 0 Å². The molecule has 13 heavy (non-hydrogen) atoms. The number of hydrogen-bond acceptors (Lipinski definition) is 3. The molecule has 0 radical (unpaired) electrons. The lowest BCUT2D eigenvalue weighted by Gasteiger charge is -2.15. The Hall–Kier alpha value is 0.850. The van der Waals surface area contributed by atoms with Crippen molar-refractivity contribution < 1.29 is 10.2 Å². The second-order valence-electron chi connectivity index (χ2n) is 3.03. The van der Waals surface area contributed by atoms with Gasteiger partial charge in [0.2, 0.25) is 0 Å². The molecule has 80 valence electrons. The maximum Gasteiger partial charge on any atom is 0.0791 e. The first-order valence-electron chi connectivity index (χ1n) is 4.17. The second-order valence-corrected chi connectivity index (χ2v) is 5.48. The highest BCUT2D eigenvalue weighted by molar-refractivity contribution is 7.99. The van der Waals surface area contributed by atoms with Crippen molar-refractivity contribution in [2.45, 2.75) is 36.8 Å². The Morgan fingerprint density at radius 2 is 1.31 bits per heavy atom. The lowest BCUT2D eigenvalue weighted by molar-refractivity contribution is 0.193. The van der Waals surface area contributed by atoms with Gasteiger partial charge in [0.15, 0.2) is 0 Å². The smallest absolute Gasteiger partial charge is 0.0791 e. The van der Waals surface area contributed by atoms with Crippen LogP contribution in [0.4, 0.5) is 0 Å². The molecule has 0 fully saturated rings. The third kappa shape index (κ3) is 6.86. The van der Waals surface area contributed by atoms with Crippen LogP contribution >= 0.6 is 35.0 Å². The van der Waals surface area contributed by atoms with Gasteiger partial charge >= 0.3 is 0 Å². The minimum Gasteiger partial charge on any atom is -0.391 e. The Morgan fingerprint density at radius 3 is 1.54 bits per heavy atom. The number of alkyl halides is 2. The van der Waals surface area contributed by atoms with Crippen molar-refractivity contribution >= 4 is 35.0 Å². The van der Waals surface area contributed by atoms with Gasteiger partial charge < -0.3 is 10.2 Å². The van der Waals surface area contributed by atoms with Gasteiger partial charge in [0.05, 0.1) is 23.0 Å². The zero-order chi connectivity index (χ0) is 10.4. The van der Waals surface area contributed by atoms with Crippen molar-refractivity contribution in [3.63, 3.8) is 0 Å². The summed E-state index contributed by atoms with van der Waals surface area (Å²) in [5, 5.41) is 18.1. The van der Waals surface area contributed by atoms with Gasteiger partial charge in [-0.3, -0.25) is 0 Å². The summed E-state index contributed by atoms with van der Waals surface area (Å²) in [5.41, 5.74) is 0. The molecule has 0 bridgehead atoms. The molecule has 4 atom stereocenters. The number of hydrogen-bond donors (Lipinski definition) is 2. The summed E-state index contributed by atoms with van der Waals surface area (Å²) in [6, 6.07) is 0. The van der Waals surface area contributed by atoms with Gasteiger partial charge in [0.1, 0.15) is 0 Å². The van der Waals surface area contributed by atoms with E-state index in [1.54, 1.807) is 13.8 Å². The molecule has 0 aromatic rings. The van der Waals surface area contributed by atoms with Gasteiger partial charge in [-0.25, -0.2) is 0 Å². The highest BCUT2D eigenvalue weighted by atomic mass is 35.5. The normalized spacial score (nSPS) is 20.8. The quantitative estimate of drug-likeness (QED) is 0.702. The minimum absolute atomic E-state index is 0.252. The number of halogens is 2. The molecular formula is C8H16Cl2O2S. The fraction of sp³-hybridized carbons (Fsp3) is 1.00. The number of rotatable bonds is 6. The zero-order valence-electron chi connectivity index (χ0n) is 7.78. The Morgan fingerprint density at radius 1 is 1.00 bits per heavy atom. The molecule has 0 rings (SSSR count). The van der Waals surface area contributed by atoms with Crippen LogP contribution in [0.15, 0.2) is 0 Å². The molecule has 0 aliphatic carbocycles. The van der Waals surface area contributed by atoms with Gasteiger partial charge in [0, 0.05) is 11.5 Å². The van der Waals surface area contributed by atoms with Crippen molar-refractivity contribution in [1.29, 1.82) is 0 Å². The summed E-state index contributed by atoms with van der Waals surface area (Å²) in [5.74, 6) is 1.07. The van der Waals surface area contributed by atoms with Crippen LogP contribution in [0, 0.1) is 0 Å². The Bertz CT molecular complexity index is 119. The van der Waals surface area contributed by atoms with Gasteiger partial charge in [0.25, 0.3) is 0 Å². The van der Waals surface area contributed by atoms with Crippen LogP contribution in [0.25, 0.3) is 0 Å². The molecule has 0 spiro atoms. The molecular weight excluding hydrogens is 231 g/mol. The molecule has 0 amide bonds. The van der Waals surface area contributed by atoms with Gasteiger partial charge in [-0.05, 0) is 13.8 Å². The molecule has 2 nitrogen and oxygen atoms in total. The van der Waals surface area contributed by atoms with Crippen LogP contribution in [0.5, 0.6) is 0 Å². The average Bonchev–Trinajstić information content (AvgIpc) is 2.03. The minimum atomic E-state index is -0.524. The fourth-order valence-electron chi connectivity index (χ4n) is 0.575. The maximum atomic E-state index is 9.31. The van der Waals surface area contributed by atoms with Crippen LogP contribution in [-0.4, -0.2) is 44.7 Å². The molecule has 0 aliphatic rings. The summed E-state index contributed by atoms with van der Waals surface area (Å²) in [6.07, 6.45) is -1.05. The maximum absolute atomic E-state index is 9.31. The van der Waals surface area contributed by atoms with Crippen LogP contribution < -0.4 is 0 Å². The fourth-order valence-corrected chi connectivity index (χ4v) is 2.16. The Kier molecular flexibility index (Phi) is 7.65. The Balaban J connectivity index is 3.45. The molecule has 0 aromatic heterocycles. The third-order valence-electron chi connectivity index (χ3n) is 1.64. The lowest BCUT2D eigenvalue weighted by atomic mass is 10.3. The topological polar surface area (TPSA) is 40.5 Å². The molecule has 5 heteroatoms.